The van der Waals surface area contributed by atoms with Crippen LogP contribution in [0.3, 0.4) is 0 Å². The van der Waals surface area contributed by atoms with Crippen molar-refractivity contribution in [1.82, 2.24) is 0 Å². The van der Waals surface area contributed by atoms with Gasteiger partial charge < -0.3 is 0 Å². The molecule has 0 fully saturated rings. The molecular weight excluding hydrogens is 172 g/mol. The molecule has 0 aliphatic rings. The molecule has 1 aromatic carbocycles. The van der Waals surface area contributed by atoms with Crippen molar-refractivity contribution >= 4 is 11.4 Å². The quantitative estimate of drug-likeness (QED) is 0.299. The van der Waals surface area contributed by atoms with Crippen molar-refractivity contribution in [1.29, 1.82) is 5.26 Å². The number of non-ortho nitro benzene ring substituents is 1. The summed E-state index contributed by atoms with van der Waals surface area (Å²) >= 11 is 0. The second-order valence-electron chi connectivity index (χ2n) is 2.07. The van der Waals surface area contributed by atoms with E-state index < -0.39 is 4.92 Å². The Kier molecular flexibility index (Phi) is 2.65. The largest absolute Gasteiger partial charge is 0.269 e. The van der Waals surface area contributed by atoms with Crippen LogP contribution in [0.2, 0.25) is 0 Å². The molecule has 64 valence electrons. The Balaban J connectivity index is 2.89. The highest BCUT2D eigenvalue weighted by molar-refractivity contribution is 5.43. The van der Waals surface area contributed by atoms with Crippen LogP contribution in [0.15, 0.2) is 34.5 Å². The van der Waals surface area contributed by atoms with Crippen LogP contribution in [0, 0.1) is 21.6 Å². The van der Waals surface area contributed by atoms with Gasteiger partial charge in [0.25, 0.3) is 5.69 Å². The second kappa shape index (κ2) is 3.92. The Hall–Kier alpha value is -2.29. The van der Waals surface area contributed by atoms with Gasteiger partial charge in [-0.15, -0.1) is 5.11 Å². The molecule has 0 radical (unpaired) electrons. The molecule has 0 spiro atoms. The first-order valence-electron chi connectivity index (χ1n) is 3.28. The second-order valence-corrected chi connectivity index (χ2v) is 2.07. The van der Waals surface area contributed by atoms with Crippen LogP contribution >= 0.6 is 0 Å². The molecule has 0 aromatic heterocycles. The minimum absolute atomic E-state index is 0.0177. The predicted molar refractivity (Wildman–Crippen MR) is 43.2 cm³/mol. The van der Waals surface area contributed by atoms with Gasteiger partial charge in [0.1, 0.15) is 0 Å². The summed E-state index contributed by atoms with van der Waals surface area (Å²) in [4.78, 5) is 9.72. The Morgan fingerprint density at radius 3 is 2.46 bits per heavy atom. The van der Waals surface area contributed by atoms with E-state index in [1.807, 2.05) is 0 Å². The van der Waals surface area contributed by atoms with Crippen molar-refractivity contribution in [2.45, 2.75) is 0 Å². The Morgan fingerprint density at radius 1 is 1.38 bits per heavy atom. The minimum Gasteiger partial charge on any atom is -0.258 e. The van der Waals surface area contributed by atoms with Crippen LogP contribution in [0.25, 0.3) is 0 Å². The molecule has 0 saturated carbocycles. The normalized spacial score (nSPS) is 9.77. The van der Waals surface area contributed by atoms with Crippen molar-refractivity contribution in [2.75, 3.05) is 0 Å². The summed E-state index contributed by atoms with van der Waals surface area (Å²) in [6, 6.07) is 5.43. The minimum atomic E-state index is -0.509. The van der Waals surface area contributed by atoms with Gasteiger partial charge in [-0.25, -0.2) is 0 Å². The highest BCUT2D eigenvalue weighted by Gasteiger charge is 2.02. The molecule has 13 heavy (non-hydrogen) atoms. The molecule has 0 heterocycles. The third kappa shape index (κ3) is 2.34. The third-order valence-corrected chi connectivity index (χ3v) is 1.27. The molecule has 0 saturated heterocycles. The van der Waals surface area contributed by atoms with Crippen molar-refractivity contribution in [3.05, 3.63) is 34.4 Å². The zero-order valence-corrected chi connectivity index (χ0v) is 6.41. The third-order valence-electron chi connectivity index (χ3n) is 1.27. The van der Waals surface area contributed by atoms with Crippen LogP contribution in [0.1, 0.15) is 0 Å². The van der Waals surface area contributed by atoms with Gasteiger partial charge >= 0.3 is 0 Å². The number of nitriles is 1. The standard InChI is InChI=1S/C7H4N4O2/c8-5-9-10-6-1-3-7(4-2-6)11(12)13/h1-4H. The molecule has 0 N–H and O–H groups in total. The van der Waals surface area contributed by atoms with Crippen LogP contribution in [0.4, 0.5) is 11.4 Å². The van der Waals surface area contributed by atoms with Gasteiger partial charge in [0.15, 0.2) is 0 Å². The molecule has 0 bridgehead atoms. The van der Waals surface area contributed by atoms with Gasteiger partial charge in [-0.05, 0) is 12.1 Å². The summed E-state index contributed by atoms with van der Waals surface area (Å²) in [7, 11) is 0. The lowest BCUT2D eigenvalue weighted by molar-refractivity contribution is -0.384. The van der Waals surface area contributed by atoms with Gasteiger partial charge in [0.2, 0.25) is 6.19 Å². The average Bonchev–Trinajstić information content (AvgIpc) is 2.15. The average molecular weight is 176 g/mol. The molecule has 6 heteroatoms. The fourth-order valence-corrected chi connectivity index (χ4v) is 0.721. The number of nitro benzene ring substituents is 1. The SMILES string of the molecule is N#CN=Nc1ccc([N+](=O)[O-])cc1. The van der Waals surface area contributed by atoms with E-state index in [0.717, 1.165) is 0 Å². The number of hydrogen-bond donors (Lipinski definition) is 0. The summed E-state index contributed by atoms with van der Waals surface area (Å²) < 4.78 is 0. The maximum atomic E-state index is 10.2. The first-order chi connectivity index (χ1) is 6.24. The van der Waals surface area contributed by atoms with Crippen LogP contribution in [-0.2, 0) is 0 Å². The maximum absolute atomic E-state index is 10.2. The Labute approximate surface area is 73.3 Å². The van der Waals surface area contributed by atoms with Gasteiger partial charge in [-0.2, -0.15) is 5.26 Å². The lowest BCUT2D eigenvalue weighted by Gasteiger charge is -1.90. The number of benzene rings is 1. The van der Waals surface area contributed by atoms with Gasteiger partial charge in [-0.1, -0.05) is 5.11 Å². The monoisotopic (exact) mass is 176 g/mol. The Morgan fingerprint density at radius 2 is 2.00 bits per heavy atom. The number of nitrogens with zero attached hydrogens (tertiary/aromatic N) is 4. The predicted octanol–water partition coefficient (Wildman–Crippen LogP) is 2.16. The van der Waals surface area contributed by atoms with Gasteiger partial charge in [0.05, 0.1) is 10.6 Å². The first-order valence-corrected chi connectivity index (χ1v) is 3.28. The van der Waals surface area contributed by atoms with Gasteiger partial charge in [0, 0.05) is 12.1 Å². The van der Waals surface area contributed by atoms with E-state index in [1.165, 1.54) is 30.5 Å². The number of hydrogen-bond acceptors (Lipinski definition) is 5. The maximum Gasteiger partial charge on any atom is 0.269 e. The highest BCUT2D eigenvalue weighted by Crippen LogP contribution is 2.17. The van der Waals surface area contributed by atoms with Crippen molar-refractivity contribution in [3.8, 4) is 6.19 Å². The van der Waals surface area contributed by atoms with Crippen molar-refractivity contribution in [2.24, 2.45) is 10.2 Å². The van der Waals surface area contributed by atoms with Gasteiger partial charge in [-0.3, -0.25) is 10.1 Å². The molecule has 0 aliphatic heterocycles. The van der Waals surface area contributed by atoms with E-state index in [1.54, 1.807) is 0 Å². The van der Waals surface area contributed by atoms with Crippen molar-refractivity contribution < 1.29 is 4.92 Å². The lowest BCUT2D eigenvalue weighted by atomic mass is 10.3. The summed E-state index contributed by atoms with van der Waals surface area (Å²) in [5, 5.41) is 24.8. The summed E-state index contributed by atoms with van der Waals surface area (Å²) in [5.41, 5.74) is 0.392. The Bertz CT molecular complexity index is 376. The van der Waals surface area contributed by atoms with Crippen LogP contribution in [0.5, 0.6) is 0 Å². The van der Waals surface area contributed by atoms with Crippen LogP contribution in [-0.4, -0.2) is 4.92 Å². The summed E-state index contributed by atoms with van der Waals surface area (Å²) in [6.07, 6.45) is 1.48. The molecule has 0 aliphatic carbocycles. The van der Waals surface area contributed by atoms with E-state index in [9.17, 15) is 10.1 Å². The van der Waals surface area contributed by atoms with Crippen molar-refractivity contribution in [3.63, 3.8) is 0 Å². The van der Waals surface area contributed by atoms with E-state index in [2.05, 4.69) is 10.2 Å². The molecule has 0 unspecified atom stereocenters. The summed E-state index contributed by atoms with van der Waals surface area (Å²) in [6.45, 7) is 0. The van der Waals surface area contributed by atoms with E-state index in [-0.39, 0.29) is 5.69 Å². The number of rotatable bonds is 2. The highest BCUT2D eigenvalue weighted by atomic mass is 16.6. The lowest BCUT2D eigenvalue weighted by Crippen LogP contribution is -1.85. The summed E-state index contributed by atoms with van der Waals surface area (Å²) in [5.74, 6) is 0. The number of azo groups is 1. The van der Waals surface area contributed by atoms with E-state index in [0.29, 0.717) is 5.69 Å². The van der Waals surface area contributed by atoms with E-state index >= 15 is 0 Å². The zero-order chi connectivity index (χ0) is 9.68. The van der Waals surface area contributed by atoms with Crippen LogP contribution < -0.4 is 0 Å². The fourth-order valence-electron chi connectivity index (χ4n) is 0.721. The first kappa shape index (κ1) is 8.80. The fraction of sp³-hybridized carbons (Fsp3) is 0. The molecule has 1 aromatic rings. The molecule has 0 amide bonds. The molecular formula is C7H4N4O2. The molecule has 1 rings (SSSR count). The topological polar surface area (TPSA) is 91.7 Å². The zero-order valence-electron chi connectivity index (χ0n) is 6.41. The number of nitro groups is 1. The smallest absolute Gasteiger partial charge is 0.258 e. The molecule has 6 nitrogen and oxygen atoms in total. The van der Waals surface area contributed by atoms with E-state index in [4.69, 9.17) is 5.26 Å². The molecule has 0 atom stereocenters.